The zero-order valence-electron chi connectivity index (χ0n) is 12.3. The number of nitro benzene ring substituents is 1. The van der Waals surface area contributed by atoms with E-state index in [1.165, 1.54) is 18.2 Å². The van der Waals surface area contributed by atoms with Gasteiger partial charge in [0.15, 0.2) is 0 Å². The second kappa shape index (κ2) is 8.21. The van der Waals surface area contributed by atoms with Gasteiger partial charge in [0, 0.05) is 12.6 Å². The molecule has 0 bridgehead atoms. The average molecular weight is 295 g/mol. The van der Waals surface area contributed by atoms with E-state index in [-0.39, 0.29) is 16.9 Å². The van der Waals surface area contributed by atoms with Gasteiger partial charge in [0.1, 0.15) is 5.69 Å². The third kappa shape index (κ3) is 4.71. The van der Waals surface area contributed by atoms with Gasteiger partial charge in [-0.25, -0.2) is 4.79 Å². The summed E-state index contributed by atoms with van der Waals surface area (Å²) in [7, 11) is 0. The first-order valence-corrected chi connectivity index (χ1v) is 6.98. The summed E-state index contributed by atoms with van der Waals surface area (Å²) in [5, 5.41) is 23.0. The van der Waals surface area contributed by atoms with Crippen LogP contribution in [0.15, 0.2) is 18.2 Å². The van der Waals surface area contributed by atoms with Crippen molar-refractivity contribution in [2.24, 2.45) is 0 Å². The normalized spacial score (nSPS) is 10.6. The second-order valence-corrected chi connectivity index (χ2v) is 4.57. The molecule has 0 radical (unpaired) electrons. The van der Waals surface area contributed by atoms with Crippen molar-refractivity contribution in [3.8, 4) is 0 Å². The fraction of sp³-hybridized carbons (Fsp3) is 0.500. The lowest BCUT2D eigenvalue weighted by atomic mass is 10.1. The predicted octanol–water partition coefficient (Wildman–Crippen LogP) is 2.44. The molecule has 7 nitrogen and oxygen atoms in total. The lowest BCUT2D eigenvalue weighted by Crippen LogP contribution is -2.25. The van der Waals surface area contributed by atoms with E-state index < -0.39 is 10.9 Å². The van der Waals surface area contributed by atoms with Crippen LogP contribution in [0.5, 0.6) is 0 Å². The Morgan fingerprint density at radius 1 is 1.38 bits per heavy atom. The first-order valence-electron chi connectivity index (χ1n) is 6.98. The van der Waals surface area contributed by atoms with Crippen LogP contribution in [-0.2, 0) is 0 Å². The minimum Gasteiger partial charge on any atom is -0.478 e. The van der Waals surface area contributed by atoms with Gasteiger partial charge in [-0.3, -0.25) is 10.1 Å². The number of nitrogens with one attached hydrogen (secondary N) is 1. The quantitative estimate of drug-likeness (QED) is 0.412. The van der Waals surface area contributed by atoms with Crippen molar-refractivity contribution in [2.75, 3.05) is 31.5 Å². The number of anilines is 1. The predicted molar refractivity (Wildman–Crippen MR) is 81.0 cm³/mol. The lowest BCUT2D eigenvalue weighted by molar-refractivity contribution is -0.384. The number of nitrogens with zero attached hydrogens (tertiary/aromatic N) is 2. The summed E-state index contributed by atoms with van der Waals surface area (Å²) < 4.78 is 0. The van der Waals surface area contributed by atoms with Crippen LogP contribution in [-0.4, -0.2) is 47.1 Å². The van der Waals surface area contributed by atoms with Crippen molar-refractivity contribution in [3.63, 3.8) is 0 Å². The second-order valence-electron chi connectivity index (χ2n) is 4.57. The van der Waals surface area contributed by atoms with Gasteiger partial charge in [-0.2, -0.15) is 0 Å². The Morgan fingerprint density at radius 3 is 2.57 bits per heavy atom. The fourth-order valence-electron chi connectivity index (χ4n) is 2.11. The summed E-state index contributed by atoms with van der Waals surface area (Å²) in [4.78, 5) is 23.8. The number of nitro groups is 1. The first-order chi connectivity index (χ1) is 10.0. The number of benzene rings is 1. The fourth-order valence-corrected chi connectivity index (χ4v) is 2.11. The highest BCUT2D eigenvalue weighted by atomic mass is 16.6. The summed E-state index contributed by atoms with van der Waals surface area (Å²) in [5.74, 6) is -1.18. The minimum absolute atomic E-state index is 0.0768. The van der Waals surface area contributed by atoms with E-state index in [1.807, 2.05) is 0 Å². The van der Waals surface area contributed by atoms with Gasteiger partial charge in [-0.15, -0.1) is 0 Å². The molecule has 0 aromatic heterocycles. The zero-order chi connectivity index (χ0) is 15.8. The molecule has 0 amide bonds. The summed E-state index contributed by atoms with van der Waals surface area (Å²) in [6.07, 6.45) is 0.785. The highest BCUT2D eigenvalue weighted by molar-refractivity contribution is 5.96. The number of hydrogen-bond donors (Lipinski definition) is 2. The molecule has 0 aliphatic carbocycles. The van der Waals surface area contributed by atoms with E-state index in [4.69, 9.17) is 5.11 Å². The maximum Gasteiger partial charge on any atom is 0.338 e. The summed E-state index contributed by atoms with van der Waals surface area (Å²) in [6, 6.07) is 4.05. The molecule has 0 saturated carbocycles. The number of carbonyl (C=O) groups is 1. The smallest absolute Gasteiger partial charge is 0.338 e. The van der Waals surface area contributed by atoms with Crippen LogP contribution in [0, 0.1) is 10.1 Å². The van der Waals surface area contributed by atoms with Crippen molar-refractivity contribution in [1.82, 2.24) is 4.90 Å². The summed E-state index contributed by atoms with van der Waals surface area (Å²) in [5.41, 5.74) is -0.209. The van der Waals surface area contributed by atoms with E-state index in [1.54, 1.807) is 0 Å². The Bertz CT molecular complexity index is 469. The molecule has 0 fully saturated rings. The highest BCUT2D eigenvalue weighted by Gasteiger charge is 2.20. The maximum atomic E-state index is 11.2. The number of hydrogen-bond acceptors (Lipinski definition) is 5. The van der Waals surface area contributed by atoms with Crippen LogP contribution in [0.1, 0.15) is 30.6 Å². The van der Waals surface area contributed by atoms with E-state index >= 15 is 0 Å². The molecule has 0 saturated heterocycles. The molecule has 0 unspecified atom stereocenters. The third-order valence-corrected chi connectivity index (χ3v) is 3.32. The number of carboxylic acids is 1. The molecule has 0 heterocycles. The van der Waals surface area contributed by atoms with Gasteiger partial charge >= 0.3 is 5.97 Å². The molecule has 1 rings (SSSR count). The molecule has 7 heteroatoms. The zero-order valence-corrected chi connectivity index (χ0v) is 12.3. The van der Waals surface area contributed by atoms with Crippen molar-refractivity contribution in [3.05, 3.63) is 33.9 Å². The van der Waals surface area contributed by atoms with Gasteiger partial charge in [0.05, 0.1) is 10.5 Å². The molecule has 2 N–H and O–H groups in total. The van der Waals surface area contributed by atoms with Gasteiger partial charge in [0.25, 0.3) is 5.69 Å². The molecule has 116 valence electrons. The number of para-hydroxylation sites is 1. The number of carboxylic acid groups (broad SMARTS) is 1. The van der Waals surface area contributed by atoms with Crippen molar-refractivity contribution in [2.45, 2.75) is 20.3 Å². The number of rotatable bonds is 9. The molecular formula is C14H21N3O4. The Kier molecular flexibility index (Phi) is 6.61. The highest BCUT2D eigenvalue weighted by Crippen LogP contribution is 2.28. The molecule has 21 heavy (non-hydrogen) atoms. The molecule has 0 aliphatic heterocycles. The van der Waals surface area contributed by atoms with E-state index in [0.29, 0.717) is 6.54 Å². The summed E-state index contributed by atoms with van der Waals surface area (Å²) >= 11 is 0. The largest absolute Gasteiger partial charge is 0.478 e. The van der Waals surface area contributed by atoms with Crippen molar-refractivity contribution < 1.29 is 14.8 Å². The first kappa shape index (κ1) is 16.9. The monoisotopic (exact) mass is 295 g/mol. The lowest BCUT2D eigenvalue weighted by Gasteiger charge is -2.18. The molecule has 1 aromatic rings. The summed E-state index contributed by atoms with van der Waals surface area (Å²) in [6.45, 7) is 7.39. The minimum atomic E-state index is -1.18. The number of aromatic carboxylic acids is 1. The Hall–Kier alpha value is -2.15. The van der Waals surface area contributed by atoms with Gasteiger partial charge in [-0.1, -0.05) is 19.9 Å². The topological polar surface area (TPSA) is 95.7 Å². The standard InChI is InChI=1S/C14H21N3O4/c1-3-16(4-2)10-6-9-15-13-11(14(18)19)7-5-8-12(13)17(20)21/h5,7-8,15H,3-4,6,9-10H2,1-2H3,(H,18,19). The van der Waals surface area contributed by atoms with Crippen LogP contribution < -0.4 is 5.32 Å². The molecule has 0 atom stereocenters. The van der Waals surface area contributed by atoms with Crippen LogP contribution in [0.2, 0.25) is 0 Å². The van der Waals surface area contributed by atoms with Crippen LogP contribution in [0.4, 0.5) is 11.4 Å². The molecule has 1 aromatic carbocycles. The van der Waals surface area contributed by atoms with Gasteiger partial charge < -0.3 is 15.3 Å². The van der Waals surface area contributed by atoms with Gasteiger partial charge in [-0.05, 0) is 32.1 Å². The van der Waals surface area contributed by atoms with Crippen LogP contribution in [0.25, 0.3) is 0 Å². The Morgan fingerprint density at radius 2 is 2.05 bits per heavy atom. The van der Waals surface area contributed by atoms with E-state index in [0.717, 1.165) is 26.1 Å². The average Bonchev–Trinajstić information content (AvgIpc) is 2.46. The maximum absolute atomic E-state index is 11.2. The van der Waals surface area contributed by atoms with Gasteiger partial charge in [0.2, 0.25) is 0 Å². The van der Waals surface area contributed by atoms with Crippen molar-refractivity contribution >= 4 is 17.3 Å². The Balaban J connectivity index is 2.77. The van der Waals surface area contributed by atoms with E-state index in [9.17, 15) is 14.9 Å². The van der Waals surface area contributed by atoms with E-state index in [2.05, 4.69) is 24.1 Å². The SMILES string of the molecule is CCN(CC)CCCNc1c(C(=O)O)cccc1[N+](=O)[O-]. The van der Waals surface area contributed by atoms with Crippen LogP contribution >= 0.6 is 0 Å². The molecular weight excluding hydrogens is 274 g/mol. The van der Waals surface area contributed by atoms with Crippen molar-refractivity contribution in [1.29, 1.82) is 0 Å². The van der Waals surface area contributed by atoms with Crippen LogP contribution in [0.3, 0.4) is 0 Å². The third-order valence-electron chi connectivity index (χ3n) is 3.32. The Labute approximate surface area is 123 Å². The molecule has 0 aliphatic rings. The molecule has 0 spiro atoms.